The van der Waals surface area contributed by atoms with E-state index in [1.807, 2.05) is 0 Å². The Balaban J connectivity index is 1.33. The van der Waals surface area contributed by atoms with E-state index in [0.29, 0.717) is 18.0 Å². The third-order valence-electron chi connectivity index (χ3n) is 4.12. The fourth-order valence-electron chi connectivity index (χ4n) is 2.55. The molecular formula is C21H21FN4O4S. The molecule has 0 aliphatic heterocycles. The Morgan fingerprint density at radius 3 is 2.35 bits per heavy atom. The molecular weight excluding hydrogens is 423 g/mol. The van der Waals surface area contributed by atoms with Gasteiger partial charge in [0.1, 0.15) is 11.6 Å². The number of rotatable bonds is 10. The molecule has 0 aliphatic rings. The van der Waals surface area contributed by atoms with Crippen molar-refractivity contribution in [1.82, 2.24) is 20.8 Å². The maximum atomic E-state index is 12.9. The molecule has 0 spiro atoms. The first-order valence-electron chi connectivity index (χ1n) is 9.42. The fourth-order valence-corrected chi connectivity index (χ4v) is 3.14. The highest BCUT2D eigenvalue weighted by Crippen LogP contribution is 2.24. The number of nitrogens with zero attached hydrogens (tertiary/aromatic N) is 2. The molecule has 162 valence electrons. The van der Waals surface area contributed by atoms with Gasteiger partial charge in [-0.3, -0.25) is 9.59 Å². The number of ether oxygens (including phenoxy) is 1. The minimum atomic E-state index is -0.345. The second kappa shape index (κ2) is 11.1. The molecule has 0 unspecified atom stereocenters. The molecule has 3 aromatic rings. The Hall–Kier alpha value is -3.40. The van der Waals surface area contributed by atoms with Crippen molar-refractivity contribution in [2.24, 2.45) is 0 Å². The summed E-state index contributed by atoms with van der Waals surface area (Å²) in [7, 11) is 1.59. The van der Waals surface area contributed by atoms with Crippen LogP contribution in [0.4, 0.5) is 4.39 Å². The van der Waals surface area contributed by atoms with Crippen LogP contribution in [0.25, 0.3) is 11.5 Å². The Morgan fingerprint density at radius 1 is 1.00 bits per heavy atom. The smallest absolute Gasteiger partial charge is 0.277 e. The van der Waals surface area contributed by atoms with Crippen molar-refractivity contribution in [2.75, 3.05) is 26.0 Å². The maximum Gasteiger partial charge on any atom is 0.277 e. The minimum absolute atomic E-state index is 0.105. The summed E-state index contributed by atoms with van der Waals surface area (Å²) < 4.78 is 23.5. The van der Waals surface area contributed by atoms with Crippen LogP contribution < -0.4 is 15.4 Å². The van der Waals surface area contributed by atoms with E-state index >= 15 is 0 Å². The molecule has 2 amide bonds. The number of hydrogen-bond acceptors (Lipinski definition) is 7. The first-order chi connectivity index (χ1) is 15.0. The van der Waals surface area contributed by atoms with Gasteiger partial charge < -0.3 is 19.8 Å². The molecule has 0 saturated heterocycles. The van der Waals surface area contributed by atoms with Gasteiger partial charge in [-0.15, -0.1) is 10.2 Å². The number of carbonyl (C=O) groups excluding carboxylic acids is 2. The molecule has 0 fully saturated rings. The van der Waals surface area contributed by atoms with Gasteiger partial charge in [0, 0.05) is 18.7 Å². The predicted molar refractivity (Wildman–Crippen MR) is 113 cm³/mol. The van der Waals surface area contributed by atoms with Crippen LogP contribution >= 0.6 is 11.8 Å². The van der Waals surface area contributed by atoms with Gasteiger partial charge >= 0.3 is 0 Å². The van der Waals surface area contributed by atoms with Gasteiger partial charge in [-0.2, -0.15) is 0 Å². The molecule has 31 heavy (non-hydrogen) atoms. The lowest BCUT2D eigenvalue weighted by Crippen LogP contribution is -2.36. The van der Waals surface area contributed by atoms with Gasteiger partial charge in [0.25, 0.3) is 5.22 Å². The number of thioether (sulfide) groups is 1. The number of hydrogen-bond donors (Lipinski definition) is 2. The second-order valence-electron chi connectivity index (χ2n) is 6.39. The molecule has 2 aromatic carbocycles. The van der Waals surface area contributed by atoms with Gasteiger partial charge in [-0.25, -0.2) is 4.39 Å². The first kappa shape index (κ1) is 22.3. The Morgan fingerprint density at radius 2 is 1.68 bits per heavy atom. The van der Waals surface area contributed by atoms with Crippen molar-refractivity contribution in [3.63, 3.8) is 0 Å². The van der Waals surface area contributed by atoms with Crippen molar-refractivity contribution >= 4 is 23.6 Å². The van der Waals surface area contributed by atoms with E-state index in [0.717, 1.165) is 23.1 Å². The maximum absolute atomic E-state index is 12.9. The largest absolute Gasteiger partial charge is 0.497 e. The van der Waals surface area contributed by atoms with Crippen LogP contribution in [0.5, 0.6) is 5.75 Å². The van der Waals surface area contributed by atoms with Crippen LogP contribution in [0.1, 0.15) is 5.56 Å². The first-order valence-corrected chi connectivity index (χ1v) is 10.4. The van der Waals surface area contributed by atoms with E-state index in [1.165, 1.54) is 12.1 Å². The second-order valence-corrected chi connectivity index (χ2v) is 7.32. The van der Waals surface area contributed by atoms with Gasteiger partial charge in [-0.1, -0.05) is 23.9 Å². The predicted octanol–water partition coefficient (Wildman–Crippen LogP) is 2.45. The SMILES string of the molecule is COc1ccc(-c2nnc(SCC(=O)NCCNC(=O)Cc3ccc(F)cc3)o2)cc1. The highest BCUT2D eigenvalue weighted by atomic mass is 32.2. The third-order valence-corrected chi connectivity index (χ3v) is 4.94. The number of benzene rings is 2. The van der Waals surface area contributed by atoms with Gasteiger partial charge in [-0.05, 0) is 42.0 Å². The lowest BCUT2D eigenvalue weighted by atomic mass is 10.1. The molecule has 0 bridgehead atoms. The highest BCUT2D eigenvalue weighted by Gasteiger charge is 2.11. The third kappa shape index (κ3) is 7.10. The molecule has 2 N–H and O–H groups in total. The normalized spacial score (nSPS) is 10.5. The van der Waals surface area contributed by atoms with Crippen molar-refractivity contribution in [2.45, 2.75) is 11.6 Å². The summed E-state index contributed by atoms with van der Waals surface area (Å²) in [5.41, 5.74) is 1.47. The van der Waals surface area contributed by atoms with Crippen LogP contribution in [0.2, 0.25) is 0 Å². The van der Waals surface area contributed by atoms with Crippen molar-refractivity contribution in [3.05, 3.63) is 59.9 Å². The molecule has 1 heterocycles. The fraction of sp³-hybridized carbons (Fsp3) is 0.238. The molecule has 0 atom stereocenters. The summed E-state index contributed by atoms with van der Waals surface area (Å²) >= 11 is 1.12. The molecule has 0 aliphatic carbocycles. The van der Waals surface area contributed by atoms with Crippen molar-refractivity contribution in [1.29, 1.82) is 0 Å². The average molecular weight is 444 g/mol. The molecule has 3 rings (SSSR count). The number of amides is 2. The zero-order valence-corrected chi connectivity index (χ0v) is 17.6. The summed E-state index contributed by atoms with van der Waals surface area (Å²) in [6.45, 7) is 0.577. The quantitative estimate of drug-likeness (QED) is 0.365. The number of nitrogens with one attached hydrogen (secondary N) is 2. The van der Waals surface area contributed by atoms with E-state index in [1.54, 1.807) is 43.5 Å². The summed E-state index contributed by atoms with van der Waals surface area (Å²) in [4.78, 5) is 23.8. The Labute approximate surface area is 182 Å². The van der Waals surface area contributed by atoms with E-state index < -0.39 is 0 Å². The molecule has 0 saturated carbocycles. The molecule has 8 nitrogen and oxygen atoms in total. The number of methoxy groups -OCH3 is 1. The number of halogens is 1. The number of aromatic nitrogens is 2. The van der Waals surface area contributed by atoms with Crippen molar-refractivity contribution in [3.8, 4) is 17.2 Å². The van der Waals surface area contributed by atoms with Gasteiger partial charge in [0.15, 0.2) is 0 Å². The van der Waals surface area contributed by atoms with E-state index in [2.05, 4.69) is 20.8 Å². The van der Waals surface area contributed by atoms with Crippen LogP contribution in [-0.2, 0) is 16.0 Å². The molecule has 10 heteroatoms. The van der Waals surface area contributed by atoms with E-state index in [-0.39, 0.29) is 41.6 Å². The summed E-state index contributed by atoms with van der Waals surface area (Å²) in [5.74, 6) is 0.417. The highest BCUT2D eigenvalue weighted by molar-refractivity contribution is 7.99. The van der Waals surface area contributed by atoms with Crippen molar-refractivity contribution < 1.29 is 23.1 Å². The minimum Gasteiger partial charge on any atom is -0.497 e. The number of carbonyl (C=O) groups is 2. The lowest BCUT2D eigenvalue weighted by molar-refractivity contribution is -0.121. The molecule has 1 aromatic heterocycles. The Kier molecular flexibility index (Phi) is 7.99. The van der Waals surface area contributed by atoms with Crippen LogP contribution in [0, 0.1) is 5.82 Å². The Bertz CT molecular complexity index is 1010. The summed E-state index contributed by atoms with van der Waals surface area (Å²) in [6.07, 6.45) is 0.151. The van der Waals surface area contributed by atoms with Crippen LogP contribution in [-0.4, -0.2) is 48.0 Å². The average Bonchev–Trinajstić information content (AvgIpc) is 3.26. The zero-order valence-electron chi connectivity index (χ0n) is 16.8. The van der Waals surface area contributed by atoms with Crippen LogP contribution in [0.15, 0.2) is 58.2 Å². The topological polar surface area (TPSA) is 106 Å². The van der Waals surface area contributed by atoms with Gasteiger partial charge in [0.05, 0.1) is 19.3 Å². The van der Waals surface area contributed by atoms with E-state index in [4.69, 9.17) is 9.15 Å². The zero-order chi connectivity index (χ0) is 22.1. The monoisotopic (exact) mass is 444 g/mol. The summed E-state index contributed by atoms with van der Waals surface area (Å²) in [5, 5.41) is 13.6. The van der Waals surface area contributed by atoms with Crippen LogP contribution in [0.3, 0.4) is 0 Å². The van der Waals surface area contributed by atoms with E-state index in [9.17, 15) is 14.0 Å². The lowest BCUT2D eigenvalue weighted by Gasteiger charge is -2.07. The van der Waals surface area contributed by atoms with Gasteiger partial charge in [0.2, 0.25) is 17.7 Å². The molecule has 0 radical (unpaired) electrons. The standard InChI is InChI=1S/C21H21FN4O4S/c1-29-17-8-4-15(5-9-17)20-25-26-21(30-20)31-13-19(28)24-11-10-23-18(27)12-14-2-6-16(22)7-3-14/h2-9H,10-13H2,1H3,(H,23,27)(H,24,28). The summed E-state index contributed by atoms with van der Waals surface area (Å²) in [6, 6.07) is 12.9.